The molecule has 0 bridgehead atoms. The molecule has 3 aliphatic heterocycles. The van der Waals surface area contributed by atoms with E-state index >= 15 is 0 Å². The van der Waals surface area contributed by atoms with Gasteiger partial charge in [0.2, 0.25) is 11.9 Å². The predicted octanol–water partition coefficient (Wildman–Crippen LogP) is 3.86. The second-order valence-corrected chi connectivity index (χ2v) is 14.8. The largest absolute Gasteiger partial charge is 0.495 e. The van der Waals surface area contributed by atoms with Crippen LogP contribution in [-0.2, 0) is 11.2 Å². The fourth-order valence-corrected chi connectivity index (χ4v) is 8.45. The van der Waals surface area contributed by atoms with E-state index in [1.54, 1.807) is 48.5 Å². The fourth-order valence-electron chi connectivity index (χ4n) is 8.45. The Morgan fingerprint density at radius 1 is 1.02 bits per heavy atom. The molecule has 2 fully saturated rings. The number of ether oxygens (including phenoxy) is 1. The third kappa shape index (κ3) is 7.48. The number of aryl methyl sites for hydroxylation is 1. The number of imide groups is 1. The topological polar surface area (TPSA) is 190 Å². The quantitative estimate of drug-likeness (QED) is 0.125. The molecule has 1 saturated heterocycles. The first kappa shape index (κ1) is 38.2. The number of hydrogen-bond donors (Lipinski definition) is 5. The molecule has 4 amide bonds. The molecule has 15 nitrogen and oxygen atoms in total. The third-order valence-corrected chi connectivity index (χ3v) is 11.4. The molecule has 0 radical (unpaired) electrons. The Morgan fingerprint density at radius 3 is 2.56 bits per heavy atom. The summed E-state index contributed by atoms with van der Waals surface area (Å²) in [5, 5.41) is 29.1. The van der Waals surface area contributed by atoms with Crippen molar-refractivity contribution >= 4 is 46.8 Å². The summed E-state index contributed by atoms with van der Waals surface area (Å²) in [6, 6.07) is 9.63. The average molecular weight is 755 g/mol. The van der Waals surface area contributed by atoms with E-state index in [-0.39, 0.29) is 23.9 Å². The molecular weight excluding hydrogens is 704 g/mol. The van der Waals surface area contributed by atoms with Crippen LogP contribution >= 0.6 is 0 Å². The number of unbranched alkanes of at least 4 members (excludes halogenated alkanes) is 2. The zero-order chi connectivity index (χ0) is 38.8. The summed E-state index contributed by atoms with van der Waals surface area (Å²) in [6.45, 7) is 2.48. The van der Waals surface area contributed by atoms with Gasteiger partial charge < -0.3 is 35.4 Å². The van der Waals surface area contributed by atoms with Crippen molar-refractivity contribution in [2.45, 2.75) is 108 Å². The van der Waals surface area contributed by atoms with Gasteiger partial charge in [-0.3, -0.25) is 29.4 Å². The molecule has 4 atom stereocenters. The predicted molar refractivity (Wildman–Crippen MR) is 206 cm³/mol. The molecule has 292 valence electrons. The number of nitrogens with one attached hydrogen (secondary N) is 3. The number of aliphatic hydroxyl groups excluding tert-OH is 2. The molecular formula is C40H50N8O7. The van der Waals surface area contributed by atoms with Crippen LogP contribution in [0.25, 0.3) is 0 Å². The normalized spacial score (nSPS) is 22.6. The third-order valence-electron chi connectivity index (χ3n) is 11.4. The van der Waals surface area contributed by atoms with Crippen molar-refractivity contribution in [3.63, 3.8) is 0 Å². The Kier molecular flexibility index (Phi) is 11.3. The molecule has 5 N–H and O–H groups in total. The molecule has 1 saturated carbocycles. The van der Waals surface area contributed by atoms with Gasteiger partial charge in [0.1, 0.15) is 29.9 Å². The molecule has 0 spiro atoms. The SMILES string of the molecule is CC[C@@H]1C(=O)N(C)c2cnc(Nc3ccc(C(=O)NCCCCCc4cccc5c4C(=O)N(C4CCC(O)NC4O)C5=O)cc3OC)nc2N1C1CCCC1. The summed E-state index contributed by atoms with van der Waals surface area (Å²) in [6.07, 6.45) is 8.05. The molecule has 1 aliphatic carbocycles. The van der Waals surface area contributed by atoms with E-state index in [1.165, 1.54) is 7.11 Å². The molecule has 3 aromatic rings. The van der Waals surface area contributed by atoms with Crippen LogP contribution in [0.2, 0.25) is 0 Å². The van der Waals surface area contributed by atoms with Gasteiger partial charge in [0.05, 0.1) is 36.2 Å². The maximum atomic E-state index is 13.4. The summed E-state index contributed by atoms with van der Waals surface area (Å²) >= 11 is 0. The van der Waals surface area contributed by atoms with Gasteiger partial charge in [0.15, 0.2) is 5.82 Å². The number of carbonyl (C=O) groups excluding carboxylic acids is 4. The lowest BCUT2D eigenvalue weighted by Crippen LogP contribution is -2.58. The van der Waals surface area contributed by atoms with Gasteiger partial charge in [-0.1, -0.05) is 38.3 Å². The Hall–Kier alpha value is -5.12. The van der Waals surface area contributed by atoms with Crippen LogP contribution in [0.4, 0.5) is 23.1 Å². The fraction of sp³-hybridized carbons (Fsp3) is 0.500. The Morgan fingerprint density at radius 2 is 1.82 bits per heavy atom. The van der Waals surface area contributed by atoms with E-state index < -0.39 is 30.3 Å². The van der Waals surface area contributed by atoms with Crippen molar-refractivity contribution in [3.05, 3.63) is 64.8 Å². The number of aromatic nitrogens is 2. The van der Waals surface area contributed by atoms with Gasteiger partial charge in [-0.05, 0) is 81.2 Å². The molecule has 2 aromatic carbocycles. The molecule has 15 heteroatoms. The molecule has 55 heavy (non-hydrogen) atoms. The van der Waals surface area contributed by atoms with Gasteiger partial charge in [0, 0.05) is 25.2 Å². The minimum atomic E-state index is -1.20. The molecule has 4 heterocycles. The van der Waals surface area contributed by atoms with Crippen LogP contribution in [0.15, 0.2) is 42.6 Å². The number of carbonyl (C=O) groups is 4. The van der Waals surface area contributed by atoms with E-state index in [0.717, 1.165) is 54.8 Å². The maximum Gasteiger partial charge on any atom is 0.262 e. The standard InChI is InChI=1S/C40H50N8O7/c1-4-28-38(53)46(2)30-22-42-40(45-34(30)47(28)25-13-7-8-14-25)43-27-17-16-24(21-31(27)55-3)35(50)41-20-9-5-6-11-23-12-10-15-26-33(23)39(54)48(37(26)52)29-18-19-32(49)44-36(29)51/h10,12,15-17,21-22,25,28-29,32,36,44,49,51H,4-9,11,13-14,18-20H2,1-3H3,(H,41,50)(H,42,43,45)/t28-,29?,32?,36?/m1/s1. The number of rotatable bonds is 13. The zero-order valence-corrected chi connectivity index (χ0v) is 31.6. The Bertz CT molecular complexity index is 1950. The van der Waals surface area contributed by atoms with Gasteiger partial charge >= 0.3 is 0 Å². The van der Waals surface area contributed by atoms with Crippen molar-refractivity contribution < 1.29 is 34.1 Å². The highest BCUT2D eigenvalue weighted by molar-refractivity contribution is 6.22. The van der Waals surface area contributed by atoms with Crippen LogP contribution in [0.1, 0.15) is 108 Å². The smallest absolute Gasteiger partial charge is 0.262 e. The molecule has 3 unspecified atom stereocenters. The van der Waals surface area contributed by atoms with Crippen molar-refractivity contribution in [2.75, 3.05) is 35.8 Å². The number of anilines is 4. The lowest BCUT2D eigenvalue weighted by Gasteiger charge is -2.43. The van der Waals surface area contributed by atoms with E-state index in [4.69, 9.17) is 9.72 Å². The second-order valence-electron chi connectivity index (χ2n) is 14.8. The van der Waals surface area contributed by atoms with E-state index in [9.17, 15) is 29.4 Å². The van der Waals surface area contributed by atoms with Crippen molar-refractivity contribution in [3.8, 4) is 5.75 Å². The number of aliphatic hydroxyl groups is 2. The summed E-state index contributed by atoms with van der Waals surface area (Å²) in [5.41, 5.74) is 3.21. The number of methoxy groups -OCH3 is 1. The number of piperidine rings is 1. The van der Waals surface area contributed by atoms with E-state index in [0.29, 0.717) is 78.4 Å². The maximum absolute atomic E-state index is 13.4. The van der Waals surface area contributed by atoms with Crippen molar-refractivity contribution in [2.24, 2.45) is 0 Å². The summed E-state index contributed by atoms with van der Waals surface area (Å²) in [4.78, 5) is 67.4. The Balaban J connectivity index is 0.930. The highest BCUT2D eigenvalue weighted by atomic mass is 16.5. The number of amides is 4. The van der Waals surface area contributed by atoms with Crippen LogP contribution in [0.5, 0.6) is 5.75 Å². The van der Waals surface area contributed by atoms with Crippen LogP contribution in [-0.4, -0.2) is 100.0 Å². The summed E-state index contributed by atoms with van der Waals surface area (Å²) < 4.78 is 5.65. The first-order chi connectivity index (χ1) is 26.6. The zero-order valence-electron chi connectivity index (χ0n) is 31.6. The van der Waals surface area contributed by atoms with Crippen molar-refractivity contribution in [1.29, 1.82) is 0 Å². The van der Waals surface area contributed by atoms with E-state index in [2.05, 4.69) is 25.8 Å². The highest BCUT2D eigenvalue weighted by Gasteiger charge is 2.45. The number of hydrogen-bond acceptors (Lipinski definition) is 12. The van der Waals surface area contributed by atoms with Gasteiger partial charge in [-0.25, -0.2) is 4.98 Å². The van der Waals surface area contributed by atoms with Gasteiger partial charge in [-0.2, -0.15) is 4.98 Å². The van der Waals surface area contributed by atoms with Gasteiger partial charge in [-0.15, -0.1) is 0 Å². The monoisotopic (exact) mass is 754 g/mol. The minimum Gasteiger partial charge on any atom is -0.495 e. The number of likely N-dealkylation sites (N-methyl/N-ethyl adjacent to an activating group) is 1. The van der Waals surface area contributed by atoms with E-state index in [1.807, 2.05) is 13.0 Å². The highest BCUT2D eigenvalue weighted by Crippen LogP contribution is 2.40. The molecule has 1 aromatic heterocycles. The molecule has 4 aliphatic rings. The van der Waals surface area contributed by atoms with Gasteiger partial charge in [0.25, 0.3) is 17.7 Å². The second kappa shape index (κ2) is 16.3. The van der Waals surface area contributed by atoms with Crippen molar-refractivity contribution in [1.82, 2.24) is 25.5 Å². The molecule has 7 rings (SSSR count). The van der Waals surface area contributed by atoms with Crippen LogP contribution in [0, 0.1) is 0 Å². The first-order valence-electron chi connectivity index (χ1n) is 19.4. The Labute approximate surface area is 320 Å². The summed E-state index contributed by atoms with van der Waals surface area (Å²) in [7, 11) is 3.31. The number of nitrogens with zero attached hydrogens (tertiary/aromatic N) is 5. The average Bonchev–Trinajstić information content (AvgIpc) is 3.81. The lowest BCUT2D eigenvalue weighted by atomic mass is 9.98. The minimum absolute atomic E-state index is 0.0548. The van der Waals surface area contributed by atoms with Crippen LogP contribution < -0.4 is 30.5 Å². The lowest BCUT2D eigenvalue weighted by molar-refractivity contribution is -0.120. The number of benzene rings is 2. The summed E-state index contributed by atoms with van der Waals surface area (Å²) in [5.74, 6) is 0.530. The first-order valence-corrected chi connectivity index (χ1v) is 19.4. The van der Waals surface area contributed by atoms with Crippen LogP contribution in [0.3, 0.4) is 0 Å². The number of fused-ring (bicyclic) bond motifs is 2.